The number of aliphatic hydroxyl groups is 1. The van der Waals surface area contributed by atoms with Crippen LogP contribution in [0.3, 0.4) is 0 Å². The molecule has 4 heteroatoms. The Hall–Kier alpha value is -1.29. The second-order valence-electron chi connectivity index (χ2n) is 4.60. The summed E-state index contributed by atoms with van der Waals surface area (Å²) < 4.78 is 0. The second kappa shape index (κ2) is 5.87. The summed E-state index contributed by atoms with van der Waals surface area (Å²) in [6.07, 6.45) is 6.59. The average molecular weight is 235 g/mol. The minimum atomic E-state index is -0.198. The lowest BCUT2D eigenvalue weighted by Crippen LogP contribution is -2.38. The van der Waals surface area contributed by atoms with Crippen molar-refractivity contribution in [2.75, 3.05) is 29.9 Å². The third-order valence-corrected chi connectivity index (χ3v) is 3.06. The summed E-state index contributed by atoms with van der Waals surface area (Å²) in [4.78, 5) is 6.46. The highest BCUT2D eigenvalue weighted by Crippen LogP contribution is 2.21. The van der Waals surface area contributed by atoms with E-state index in [4.69, 9.17) is 0 Å². The van der Waals surface area contributed by atoms with Crippen molar-refractivity contribution in [1.82, 2.24) is 4.98 Å². The molecular formula is C13H21N3O. The van der Waals surface area contributed by atoms with E-state index < -0.39 is 0 Å². The topological polar surface area (TPSA) is 48.4 Å². The molecule has 2 N–H and O–H groups in total. The summed E-state index contributed by atoms with van der Waals surface area (Å²) >= 11 is 0. The number of nitrogens with one attached hydrogen (secondary N) is 1. The van der Waals surface area contributed by atoms with Gasteiger partial charge in [0.05, 0.1) is 29.9 Å². The first-order valence-electron chi connectivity index (χ1n) is 6.41. The van der Waals surface area contributed by atoms with Gasteiger partial charge in [-0.15, -0.1) is 0 Å². The lowest BCUT2D eigenvalue weighted by atomic mass is 10.1. The zero-order chi connectivity index (χ0) is 12.1. The molecule has 2 heterocycles. The van der Waals surface area contributed by atoms with Crippen LogP contribution in [0.1, 0.15) is 26.2 Å². The predicted molar refractivity (Wildman–Crippen MR) is 70.5 cm³/mol. The van der Waals surface area contributed by atoms with Crippen molar-refractivity contribution in [3.8, 4) is 0 Å². The predicted octanol–water partition coefficient (Wildman–Crippen LogP) is 1.86. The molecule has 0 saturated carbocycles. The molecule has 1 saturated heterocycles. The molecule has 0 spiro atoms. The van der Waals surface area contributed by atoms with Crippen molar-refractivity contribution in [3.63, 3.8) is 0 Å². The lowest BCUT2D eigenvalue weighted by Gasteiger charge is -2.31. The molecule has 2 rings (SSSR count). The van der Waals surface area contributed by atoms with Crippen molar-refractivity contribution in [1.29, 1.82) is 0 Å². The van der Waals surface area contributed by atoms with Gasteiger partial charge in [-0.1, -0.05) is 6.92 Å². The number of β-amino-alcohol motifs (C(OH)–C–C–N with tert-alkyl or cyclic N) is 1. The van der Waals surface area contributed by atoms with Crippen LogP contribution in [-0.4, -0.2) is 35.8 Å². The molecule has 1 aromatic heterocycles. The maximum atomic E-state index is 9.67. The zero-order valence-electron chi connectivity index (χ0n) is 10.4. The molecule has 1 atom stereocenters. The largest absolute Gasteiger partial charge is 0.391 e. The van der Waals surface area contributed by atoms with Gasteiger partial charge in [0.1, 0.15) is 0 Å². The van der Waals surface area contributed by atoms with E-state index in [1.807, 2.05) is 12.4 Å². The Morgan fingerprint density at radius 1 is 1.53 bits per heavy atom. The van der Waals surface area contributed by atoms with Gasteiger partial charge in [0, 0.05) is 19.6 Å². The quantitative estimate of drug-likeness (QED) is 0.836. The van der Waals surface area contributed by atoms with Crippen LogP contribution in [0, 0.1) is 0 Å². The highest BCUT2D eigenvalue weighted by atomic mass is 16.3. The summed E-state index contributed by atoms with van der Waals surface area (Å²) in [6, 6.07) is 2.11. The third kappa shape index (κ3) is 3.33. The maximum absolute atomic E-state index is 9.67. The minimum absolute atomic E-state index is 0.198. The normalized spacial score (nSPS) is 20.4. The van der Waals surface area contributed by atoms with Gasteiger partial charge in [0.15, 0.2) is 0 Å². The Labute approximate surface area is 103 Å². The average Bonchev–Trinajstić information content (AvgIpc) is 2.37. The molecule has 0 bridgehead atoms. The summed E-state index contributed by atoms with van der Waals surface area (Å²) in [5.41, 5.74) is 2.16. The molecular weight excluding hydrogens is 214 g/mol. The van der Waals surface area contributed by atoms with Crippen molar-refractivity contribution in [2.45, 2.75) is 32.3 Å². The first kappa shape index (κ1) is 12.2. The lowest BCUT2D eigenvalue weighted by molar-refractivity contribution is 0.154. The Morgan fingerprint density at radius 2 is 2.41 bits per heavy atom. The number of rotatable bonds is 4. The van der Waals surface area contributed by atoms with E-state index in [0.29, 0.717) is 0 Å². The van der Waals surface area contributed by atoms with Crippen LogP contribution in [0.15, 0.2) is 18.5 Å². The Kier molecular flexibility index (Phi) is 4.20. The van der Waals surface area contributed by atoms with E-state index in [-0.39, 0.29) is 6.10 Å². The van der Waals surface area contributed by atoms with Crippen LogP contribution in [0.25, 0.3) is 0 Å². The van der Waals surface area contributed by atoms with Gasteiger partial charge >= 0.3 is 0 Å². The van der Waals surface area contributed by atoms with Gasteiger partial charge in [0.25, 0.3) is 0 Å². The minimum Gasteiger partial charge on any atom is -0.391 e. The smallest absolute Gasteiger partial charge is 0.0715 e. The molecule has 17 heavy (non-hydrogen) atoms. The molecule has 0 aromatic carbocycles. The summed E-state index contributed by atoms with van der Waals surface area (Å²) in [6.45, 7) is 4.84. The number of hydrogen-bond donors (Lipinski definition) is 2. The fourth-order valence-corrected chi connectivity index (χ4v) is 2.16. The van der Waals surface area contributed by atoms with Crippen molar-refractivity contribution in [2.24, 2.45) is 0 Å². The maximum Gasteiger partial charge on any atom is 0.0715 e. The molecule has 1 unspecified atom stereocenters. The van der Waals surface area contributed by atoms with Gasteiger partial charge in [0.2, 0.25) is 0 Å². The fourth-order valence-electron chi connectivity index (χ4n) is 2.16. The number of anilines is 2. The SMILES string of the molecule is CCCNc1cncc(N2CCCC(O)C2)c1. The number of hydrogen-bond acceptors (Lipinski definition) is 4. The van der Waals surface area contributed by atoms with Crippen LogP contribution in [-0.2, 0) is 0 Å². The van der Waals surface area contributed by atoms with E-state index >= 15 is 0 Å². The molecule has 1 aliphatic rings. The fraction of sp³-hybridized carbons (Fsp3) is 0.615. The van der Waals surface area contributed by atoms with Crippen LogP contribution >= 0.6 is 0 Å². The van der Waals surface area contributed by atoms with E-state index in [1.165, 1.54) is 0 Å². The number of nitrogens with zero attached hydrogens (tertiary/aromatic N) is 2. The van der Waals surface area contributed by atoms with Crippen molar-refractivity contribution < 1.29 is 5.11 Å². The Morgan fingerprint density at radius 3 is 3.18 bits per heavy atom. The van der Waals surface area contributed by atoms with Gasteiger partial charge in [-0.05, 0) is 25.3 Å². The summed E-state index contributed by atoms with van der Waals surface area (Å²) in [7, 11) is 0. The van der Waals surface area contributed by atoms with E-state index in [0.717, 1.165) is 50.3 Å². The summed E-state index contributed by atoms with van der Waals surface area (Å²) in [5, 5.41) is 13.0. The number of aromatic nitrogens is 1. The van der Waals surface area contributed by atoms with Crippen molar-refractivity contribution in [3.05, 3.63) is 18.5 Å². The second-order valence-corrected chi connectivity index (χ2v) is 4.60. The number of piperidine rings is 1. The molecule has 1 aromatic rings. The number of aliphatic hydroxyl groups excluding tert-OH is 1. The first-order valence-corrected chi connectivity index (χ1v) is 6.41. The van der Waals surface area contributed by atoms with Crippen LogP contribution in [0.5, 0.6) is 0 Å². The molecule has 1 fully saturated rings. The van der Waals surface area contributed by atoms with Gasteiger partial charge in [-0.25, -0.2) is 0 Å². The monoisotopic (exact) mass is 235 g/mol. The Balaban J connectivity index is 2.04. The van der Waals surface area contributed by atoms with Gasteiger partial charge in [-0.2, -0.15) is 0 Å². The summed E-state index contributed by atoms with van der Waals surface area (Å²) in [5.74, 6) is 0. The molecule has 0 amide bonds. The highest BCUT2D eigenvalue weighted by molar-refractivity contribution is 5.55. The van der Waals surface area contributed by atoms with Crippen LogP contribution < -0.4 is 10.2 Å². The molecule has 1 aliphatic heterocycles. The van der Waals surface area contributed by atoms with Crippen molar-refractivity contribution >= 4 is 11.4 Å². The molecule has 4 nitrogen and oxygen atoms in total. The van der Waals surface area contributed by atoms with Crippen LogP contribution in [0.4, 0.5) is 11.4 Å². The highest BCUT2D eigenvalue weighted by Gasteiger charge is 2.18. The molecule has 94 valence electrons. The first-order chi connectivity index (χ1) is 8.29. The third-order valence-electron chi connectivity index (χ3n) is 3.06. The van der Waals surface area contributed by atoms with E-state index in [9.17, 15) is 5.11 Å². The van der Waals surface area contributed by atoms with Gasteiger partial charge in [-0.3, -0.25) is 4.98 Å². The van der Waals surface area contributed by atoms with E-state index in [2.05, 4.69) is 28.2 Å². The molecule has 0 aliphatic carbocycles. The van der Waals surface area contributed by atoms with E-state index in [1.54, 1.807) is 0 Å². The van der Waals surface area contributed by atoms with Gasteiger partial charge < -0.3 is 15.3 Å². The standard InChI is InChI=1S/C13H21N3O/c1-2-5-15-11-7-12(9-14-8-11)16-6-3-4-13(17)10-16/h7-9,13,15,17H,2-6,10H2,1H3. The Bertz CT molecular complexity index is 356. The number of pyridine rings is 1. The van der Waals surface area contributed by atoms with Crippen LogP contribution in [0.2, 0.25) is 0 Å². The molecule has 0 radical (unpaired) electrons. The zero-order valence-corrected chi connectivity index (χ0v) is 10.4.